The van der Waals surface area contributed by atoms with Crippen LogP contribution in [0.15, 0.2) is 72.1 Å². The Morgan fingerprint density at radius 3 is 2.17 bits per heavy atom. The van der Waals surface area contributed by atoms with Gasteiger partial charge in [0.05, 0.1) is 19.3 Å². The van der Waals surface area contributed by atoms with Crippen molar-refractivity contribution in [1.82, 2.24) is 0 Å². The van der Waals surface area contributed by atoms with Crippen molar-refractivity contribution in [1.29, 1.82) is 0 Å². The Balaban J connectivity index is 0.000000233. The first-order valence-corrected chi connectivity index (χ1v) is 18.1. The number of nitrogens with one attached hydrogen (secondary N) is 1. The molecular formula is C42H59NO4. The van der Waals surface area contributed by atoms with Crippen molar-refractivity contribution in [2.24, 2.45) is 28.6 Å². The molecule has 5 heteroatoms. The normalized spacial score (nSPS) is 32.4. The molecule has 0 amide bonds. The maximum Gasteiger partial charge on any atom is 0.181 e. The molecule has 6 atom stereocenters. The van der Waals surface area contributed by atoms with Crippen LogP contribution in [0.5, 0.6) is 0 Å². The fourth-order valence-electron chi connectivity index (χ4n) is 9.52. The number of hydrogen-bond acceptors (Lipinski definition) is 5. The minimum absolute atomic E-state index is 0.0338. The number of benzene rings is 2. The molecule has 6 unspecified atom stereocenters. The SMILES string of the molecule is C=C(O)Nc1ccc(C(C)(C)C)cc1.Cc1ccc(C2CC3(C)C(O)CCC3C3CCC4CC5(CCC4=C23)OCC(C)(C)CO5)cc1. The van der Waals surface area contributed by atoms with Crippen molar-refractivity contribution in [3.8, 4) is 0 Å². The molecule has 1 aliphatic heterocycles. The van der Waals surface area contributed by atoms with Crippen LogP contribution < -0.4 is 5.32 Å². The van der Waals surface area contributed by atoms with Gasteiger partial charge in [0.1, 0.15) is 0 Å². The molecule has 7 rings (SSSR count). The largest absolute Gasteiger partial charge is 0.495 e. The zero-order valence-corrected chi connectivity index (χ0v) is 30.0. The summed E-state index contributed by atoms with van der Waals surface area (Å²) in [4.78, 5) is 0. The third kappa shape index (κ3) is 6.96. The lowest BCUT2D eigenvalue weighted by Gasteiger charge is -2.55. The van der Waals surface area contributed by atoms with E-state index in [1.54, 1.807) is 11.1 Å². The van der Waals surface area contributed by atoms with Crippen molar-refractivity contribution in [2.45, 2.75) is 123 Å². The van der Waals surface area contributed by atoms with E-state index in [1.807, 2.05) is 24.3 Å². The Kier molecular flexibility index (Phi) is 9.26. The van der Waals surface area contributed by atoms with Crippen LogP contribution in [0.3, 0.4) is 0 Å². The molecule has 2 aromatic rings. The lowest BCUT2D eigenvalue weighted by atomic mass is 9.52. The summed E-state index contributed by atoms with van der Waals surface area (Å²) in [7, 11) is 0. The van der Waals surface area contributed by atoms with E-state index in [0.717, 1.165) is 51.0 Å². The lowest BCUT2D eigenvalue weighted by Crippen LogP contribution is -2.52. The van der Waals surface area contributed by atoms with E-state index in [1.165, 1.54) is 36.0 Å². The van der Waals surface area contributed by atoms with Gasteiger partial charge in [-0.2, -0.15) is 0 Å². The average Bonchev–Trinajstić information content (AvgIpc) is 3.32. The second-order valence-corrected chi connectivity index (χ2v) is 17.5. The van der Waals surface area contributed by atoms with Gasteiger partial charge in [0, 0.05) is 29.9 Å². The number of aliphatic hydroxyl groups is 2. The Labute approximate surface area is 283 Å². The van der Waals surface area contributed by atoms with Crippen LogP contribution >= 0.6 is 0 Å². The first-order valence-electron chi connectivity index (χ1n) is 18.1. The van der Waals surface area contributed by atoms with Crippen LogP contribution in [0.4, 0.5) is 5.69 Å². The highest BCUT2D eigenvalue weighted by Crippen LogP contribution is 2.65. The Bertz CT molecular complexity index is 1460. The van der Waals surface area contributed by atoms with Crippen LogP contribution in [0.2, 0.25) is 0 Å². The molecule has 5 aliphatic rings. The quantitative estimate of drug-likeness (QED) is 0.230. The average molecular weight is 642 g/mol. The predicted octanol–water partition coefficient (Wildman–Crippen LogP) is 9.96. The molecule has 2 aromatic carbocycles. The van der Waals surface area contributed by atoms with Gasteiger partial charge in [0.2, 0.25) is 0 Å². The van der Waals surface area contributed by atoms with Crippen LogP contribution in [-0.4, -0.2) is 35.3 Å². The molecule has 0 aromatic heterocycles. The van der Waals surface area contributed by atoms with E-state index in [0.29, 0.717) is 23.7 Å². The smallest absolute Gasteiger partial charge is 0.181 e. The van der Waals surface area contributed by atoms with Gasteiger partial charge in [-0.1, -0.05) is 94.7 Å². The number of fused-ring (bicyclic) bond motifs is 4. The number of allylic oxidation sites excluding steroid dienone is 2. The van der Waals surface area contributed by atoms with Gasteiger partial charge in [0.15, 0.2) is 11.7 Å². The highest BCUT2D eigenvalue weighted by Gasteiger charge is 2.57. The highest BCUT2D eigenvalue weighted by molar-refractivity contribution is 5.48. The molecule has 4 fully saturated rings. The van der Waals surface area contributed by atoms with Crippen LogP contribution in [-0.2, 0) is 14.9 Å². The molecule has 256 valence electrons. The van der Waals surface area contributed by atoms with Gasteiger partial charge in [-0.05, 0) is 104 Å². The zero-order valence-electron chi connectivity index (χ0n) is 30.0. The fraction of sp³-hybridized carbons (Fsp3) is 0.619. The molecule has 3 N–H and O–H groups in total. The lowest BCUT2D eigenvalue weighted by molar-refractivity contribution is -0.312. The molecule has 5 nitrogen and oxygen atoms in total. The van der Waals surface area contributed by atoms with Gasteiger partial charge >= 0.3 is 0 Å². The van der Waals surface area contributed by atoms with Gasteiger partial charge in [-0.3, -0.25) is 0 Å². The summed E-state index contributed by atoms with van der Waals surface area (Å²) in [5.41, 5.74) is 8.74. The molecule has 3 saturated carbocycles. The Morgan fingerprint density at radius 2 is 1.55 bits per heavy atom. The number of rotatable bonds is 3. The highest BCUT2D eigenvalue weighted by atomic mass is 16.7. The molecule has 0 bridgehead atoms. The number of hydrogen-bond donors (Lipinski definition) is 3. The third-order valence-electron chi connectivity index (χ3n) is 12.3. The van der Waals surface area contributed by atoms with E-state index in [4.69, 9.17) is 14.6 Å². The van der Waals surface area contributed by atoms with E-state index in [2.05, 4.69) is 84.6 Å². The van der Waals surface area contributed by atoms with Crippen molar-refractivity contribution in [2.75, 3.05) is 18.5 Å². The Morgan fingerprint density at radius 1 is 0.894 bits per heavy atom. The number of ether oxygens (including phenoxy) is 2. The van der Waals surface area contributed by atoms with Crippen LogP contribution in [0.1, 0.15) is 116 Å². The van der Waals surface area contributed by atoms with Crippen molar-refractivity contribution in [3.63, 3.8) is 0 Å². The second-order valence-electron chi connectivity index (χ2n) is 17.5. The maximum absolute atomic E-state index is 11.1. The van der Waals surface area contributed by atoms with Gasteiger partial charge in [-0.25, -0.2) is 0 Å². The first kappa shape index (κ1) is 34.3. The third-order valence-corrected chi connectivity index (χ3v) is 12.3. The minimum atomic E-state index is -0.358. The molecule has 1 heterocycles. The summed E-state index contributed by atoms with van der Waals surface area (Å²) in [5, 5.41) is 22.7. The van der Waals surface area contributed by atoms with Crippen LogP contribution in [0, 0.1) is 35.5 Å². The second kappa shape index (κ2) is 12.7. The molecule has 47 heavy (non-hydrogen) atoms. The van der Waals surface area contributed by atoms with E-state index < -0.39 is 0 Å². The van der Waals surface area contributed by atoms with Gasteiger partial charge < -0.3 is 25.0 Å². The summed E-state index contributed by atoms with van der Waals surface area (Å²) in [5.74, 6) is 1.92. The Hall–Kier alpha value is -2.60. The molecule has 1 saturated heterocycles. The number of aryl methyl sites for hydroxylation is 1. The van der Waals surface area contributed by atoms with Crippen molar-refractivity contribution < 1.29 is 19.7 Å². The van der Waals surface area contributed by atoms with Gasteiger partial charge in [0.25, 0.3) is 0 Å². The molecule has 1 spiro atoms. The van der Waals surface area contributed by atoms with Crippen molar-refractivity contribution >= 4 is 5.69 Å². The summed E-state index contributed by atoms with van der Waals surface area (Å²) in [6.07, 6.45) is 8.77. The summed E-state index contributed by atoms with van der Waals surface area (Å²) in [6, 6.07) is 17.2. The predicted molar refractivity (Wildman–Crippen MR) is 191 cm³/mol. The monoisotopic (exact) mass is 641 g/mol. The molecule has 4 aliphatic carbocycles. The molecular weight excluding hydrogens is 582 g/mol. The minimum Gasteiger partial charge on any atom is -0.495 e. The number of anilines is 1. The zero-order chi connectivity index (χ0) is 33.8. The number of aliphatic hydroxyl groups excluding tert-OH is 2. The van der Waals surface area contributed by atoms with Gasteiger partial charge in [-0.15, -0.1) is 0 Å². The van der Waals surface area contributed by atoms with Crippen LogP contribution in [0.25, 0.3) is 0 Å². The van der Waals surface area contributed by atoms with E-state index in [-0.39, 0.29) is 34.0 Å². The van der Waals surface area contributed by atoms with E-state index >= 15 is 0 Å². The molecule has 0 radical (unpaired) electrons. The van der Waals surface area contributed by atoms with Crippen molar-refractivity contribution in [3.05, 3.63) is 88.8 Å². The fourth-order valence-corrected chi connectivity index (χ4v) is 9.52. The summed E-state index contributed by atoms with van der Waals surface area (Å²) < 4.78 is 12.9. The summed E-state index contributed by atoms with van der Waals surface area (Å²) in [6.45, 7) is 20.5. The standard InChI is InChI=1S/C30H42O3.C12H17NO/c1-19-5-7-20(8-6-19)24-16-29(4)25(11-12-26(29)31)23-10-9-21-15-30(14-13-22(21)27(23)24)32-17-28(2,3)18-33-30;1-9(14)13-11-7-5-10(6-8-11)12(2,3)4/h5-8,21,23-26,31H,9-18H2,1-4H3;5-8,13-14H,1H2,2-4H3. The maximum atomic E-state index is 11.1. The first-order chi connectivity index (χ1) is 22.1. The van der Waals surface area contributed by atoms with E-state index in [9.17, 15) is 5.11 Å². The topological polar surface area (TPSA) is 71.0 Å². The summed E-state index contributed by atoms with van der Waals surface area (Å²) >= 11 is 0.